The van der Waals surface area contributed by atoms with E-state index in [9.17, 15) is 9.59 Å². The van der Waals surface area contributed by atoms with Crippen LogP contribution in [0.15, 0.2) is 0 Å². The molecule has 0 aromatic carbocycles. The van der Waals surface area contributed by atoms with E-state index in [-0.39, 0.29) is 11.9 Å². The molecular formula is C9H19N3O3. The molecular weight excluding hydrogens is 198 g/mol. The smallest absolute Gasteiger partial charge is 0.317 e. The summed E-state index contributed by atoms with van der Waals surface area (Å²) in [4.78, 5) is 23.9. The fourth-order valence-electron chi connectivity index (χ4n) is 0.809. The normalized spacial score (nSPS) is 11.7. The van der Waals surface area contributed by atoms with Crippen molar-refractivity contribution in [3.8, 4) is 0 Å². The second kappa shape index (κ2) is 7.05. The maximum absolute atomic E-state index is 11.4. The van der Waals surface area contributed by atoms with Gasteiger partial charge in [-0.2, -0.15) is 0 Å². The summed E-state index contributed by atoms with van der Waals surface area (Å²) in [5.41, 5.74) is 0. The van der Waals surface area contributed by atoms with E-state index in [4.69, 9.17) is 4.74 Å². The Hall–Kier alpha value is -1.30. The quantitative estimate of drug-likeness (QED) is 0.605. The highest BCUT2D eigenvalue weighted by Crippen LogP contribution is 1.85. The van der Waals surface area contributed by atoms with Crippen LogP contribution in [0.2, 0.25) is 0 Å². The van der Waals surface area contributed by atoms with Crippen molar-refractivity contribution in [2.24, 2.45) is 0 Å². The van der Waals surface area contributed by atoms with Crippen LogP contribution in [0.5, 0.6) is 0 Å². The SMILES string of the molecule is COCCNC(=O)C(C)NC(=O)N(C)C. The summed E-state index contributed by atoms with van der Waals surface area (Å²) in [5.74, 6) is -0.220. The molecule has 0 aliphatic heterocycles. The average Bonchev–Trinajstić information content (AvgIpc) is 2.17. The lowest BCUT2D eigenvalue weighted by Crippen LogP contribution is -2.48. The van der Waals surface area contributed by atoms with Crippen molar-refractivity contribution in [3.05, 3.63) is 0 Å². The lowest BCUT2D eigenvalue weighted by Gasteiger charge is -2.17. The molecule has 1 atom stereocenters. The Morgan fingerprint density at radius 1 is 1.40 bits per heavy atom. The minimum atomic E-state index is -0.545. The highest BCUT2D eigenvalue weighted by atomic mass is 16.5. The van der Waals surface area contributed by atoms with E-state index >= 15 is 0 Å². The molecule has 0 heterocycles. The Morgan fingerprint density at radius 3 is 2.47 bits per heavy atom. The van der Waals surface area contributed by atoms with E-state index in [2.05, 4.69) is 10.6 Å². The van der Waals surface area contributed by atoms with Crippen LogP contribution < -0.4 is 10.6 Å². The fourth-order valence-corrected chi connectivity index (χ4v) is 0.809. The molecule has 0 radical (unpaired) electrons. The van der Waals surface area contributed by atoms with Gasteiger partial charge in [-0.05, 0) is 6.92 Å². The van der Waals surface area contributed by atoms with E-state index in [0.717, 1.165) is 0 Å². The average molecular weight is 217 g/mol. The molecule has 3 amide bonds. The largest absolute Gasteiger partial charge is 0.383 e. The number of nitrogens with zero attached hydrogens (tertiary/aromatic N) is 1. The maximum Gasteiger partial charge on any atom is 0.317 e. The second-order valence-electron chi connectivity index (χ2n) is 3.35. The fraction of sp³-hybridized carbons (Fsp3) is 0.778. The van der Waals surface area contributed by atoms with E-state index in [1.54, 1.807) is 28.1 Å². The van der Waals surface area contributed by atoms with Gasteiger partial charge in [0, 0.05) is 27.7 Å². The molecule has 0 saturated heterocycles. The number of urea groups is 1. The summed E-state index contributed by atoms with van der Waals surface area (Å²) in [5, 5.41) is 5.17. The van der Waals surface area contributed by atoms with E-state index in [0.29, 0.717) is 13.2 Å². The Morgan fingerprint density at radius 2 is 2.00 bits per heavy atom. The molecule has 0 bridgehead atoms. The van der Waals surface area contributed by atoms with Crippen molar-refractivity contribution in [2.45, 2.75) is 13.0 Å². The summed E-state index contributed by atoms with van der Waals surface area (Å²) in [6.45, 7) is 2.53. The van der Waals surface area contributed by atoms with Gasteiger partial charge >= 0.3 is 6.03 Å². The molecule has 0 rings (SSSR count). The first-order valence-electron chi connectivity index (χ1n) is 4.73. The zero-order valence-electron chi connectivity index (χ0n) is 9.66. The Kier molecular flexibility index (Phi) is 6.44. The van der Waals surface area contributed by atoms with Crippen molar-refractivity contribution in [1.29, 1.82) is 0 Å². The molecule has 0 aliphatic rings. The molecule has 1 unspecified atom stereocenters. The molecule has 0 aliphatic carbocycles. The van der Waals surface area contributed by atoms with Gasteiger partial charge in [0.2, 0.25) is 5.91 Å². The van der Waals surface area contributed by atoms with Gasteiger partial charge in [-0.15, -0.1) is 0 Å². The maximum atomic E-state index is 11.4. The number of hydrogen-bond donors (Lipinski definition) is 2. The number of carbonyl (C=O) groups excluding carboxylic acids is 2. The van der Waals surface area contributed by atoms with Crippen LogP contribution in [-0.4, -0.2) is 57.2 Å². The van der Waals surface area contributed by atoms with Gasteiger partial charge in [0.05, 0.1) is 6.61 Å². The lowest BCUT2D eigenvalue weighted by atomic mass is 10.3. The molecule has 15 heavy (non-hydrogen) atoms. The number of carbonyl (C=O) groups is 2. The Balaban J connectivity index is 3.83. The predicted molar refractivity (Wildman–Crippen MR) is 56.6 cm³/mol. The molecule has 6 nitrogen and oxygen atoms in total. The van der Waals surface area contributed by atoms with Crippen LogP contribution >= 0.6 is 0 Å². The zero-order chi connectivity index (χ0) is 11.8. The van der Waals surface area contributed by atoms with Crippen LogP contribution in [0.25, 0.3) is 0 Å². The van der Waals surface area contributed by atoms with Gasteiger partial charge in [-0.1, -0.05) is 0 Å². The summed E-state index contributed by atoms with van der Waals surface area (Å²) in [7, 11) is 4.79. The van der Waals surface area contributed by atoms with Crippen molar-refractivity contribution in [1.82, 2.24) is 15.5 Å². The highest BCUT2D eigenvalue weighted by Gasteiger charge is 2.15. The number of nitrogens with one attached hydrogen (secondary N) is 2. The van der Waals surface area contributed by atoms with Gasteiger partial charge in [0.1, 0.15) is 6.04 Å². The molecule has 0 aromatic heterocycles. The van der Waals surface area contributed by atoms with Gasteiger partial charge in [-0.3, -0.25) is 4.79 Å². The number of methoxy groups -OCH3 is 1. The molecule has 0 spiro atoms. The molecule has 0 aromatic rings. The third-order valence-electron chi connectivity index (χ3n) is 1.74. The van der Waals surface area contributed by atoms with Crippen molar-refractivity contribution >= 4 is 11.9 Å². The Bertz CT molecular complexity index is 219. The molecule has 88 valence electrons. The van der Waals surface area contributed by atoms with Gasteiger partial charge in [0.15, 0.2) is 0 Å². The summed E-state index contributed by atoms with van der Waals surface area (Å²) in [6, 6.07) is -0.832. The number of rotatable bonds is 5. The first-order chi connectivity index (χ1) is 6.99. The standard InChI is InChI=1S/C9H19N3O3/c1-7(11-9(14)12(2)3)8(13)10-5-6-15-4/h7H,5-6H2,1-4H3,(H,10,13)(H,11,14). The van der Waals surface area contributed by atoms with Gasteiger partial charge in [-0.25, -0.2) is 4.79 Å². The van der Waals surface area contributed by atoms with Crippen LogP contribution in [0, 0.1) is 0 Å². The van der Waals surface area contributed by atoms with E-state index in [1.807, 2.05) is 0 Å². The zero-order valence-corrected chi connectivity index (χ0v) is 9.66. The summed E-state index contributed by atoms with van der Waals surface area (Å²) >= 11 is 0. The van der Waals surface area contributed by atoms with Crippen molar-refractivity contribution in [2.75, 3.05) is 34.4 Å². The minimum Gasteiger partial charge on any atom is -0.383 e. The lowest BCUT2D eigenvalue weighted by molar-refractivity contribution is -0.122. The number of amides is 3. The Labute approximate surface area is 90.0 Å². The first-order valence-corrected chi connectivity index (χ1v) is 4.73. The van der Waals surface area contributed by atoms with Crippen molar-refractivity contribution in [3.63, 3.8) is 0 Å². The van der Waals surface area contributed by atoms with Gasteiger partial charge in [0.25, 0.3) is 0 Å². The van der Waals surface area contributed by atoms with Crippen LogP contribution in [0.1, 0.15) is 6.92 Å². The van der Waals surface area contributed by atoms with E-state index < -0.39 is 6.04 Å². The van der Waals surface area contributed by atoms with Crippen LogP contribution in [0.4, 0.5) is 4.79 Å². The monoisotopic (exact) mass is 217 g/mol. The first kappa shape index (κ1) is 13.7. The number of ether oxygens (including phenoxy) is 1. The van der Waals surface area contributed by atoms with Crippen LogP contribution in [-0.2, 0) is 9.53 Å². The van der Waals surface area contributed by atoms with Crippen molar-refractivity contribution < 1.29 is 14.3 Å². The van der Waals surface area contributed by atoms with Gasteiger partial charge < -0.3 is 20.3 Å². The second-order valence-corrected chi connectivity index (χ2v) is 3.35. The summed E-state index contributed by atoms with van der Waals surface area (Å²) < 4.78 is 4.78. The third-order valence-corrected chi connectivity index (χ3v) is 1.74. The molecule has 0 saturated carbocycles. The number of hydrogen-bond acceptors (Lipinski definition) is 3. The highest BCUT2D eigenvalue weighted by molar-refractivity contribution is 5.86. The minimum absolute atomic E-state index is 0.220. The van der Waals surface area contributed by atoms with Crippen LogP contribution in [0.3, 0.4) is 0 Å². The predicted octanol–water partition coefficient (Wildman–Crippen LogP) is -0.591. The molecule has 0 fully saturated rings. The third kappa shape index (κ3) is 5.90. The van der Waals surface area contributed by atoms with E-state index in [1.165, 1.54) is 4.90 Å². The summed E-state index contributed by atoms with van der Waals surface area (Å²) in [6.07, 6.45) is 0. The molecule has 2 N–H and O–H groups in total. The topological polar surface area (TPSA) is 70.7 Å². The molecule has 6 heteroatoms.